The van der Waals surface area contributed by atoms with Crippen LogP contribution in [0.2, 0.25) is 0 Å². The first-order valence-corrected chi connectivity index (χ1v) is 6.86. The number of aromatic nitrogens is 2. The van der Waals surface area contributed by atoms with Gasteiger partial charge in [0.15, 0.2) is 0 Å². The quantitative estimate of drug-likeness (QED) is 0.872. The SMILES string of the molecule is CCC(CSC)Nc1nc[nH]c(=O)c1Br. The van der Waals surface area contributed by atoms with Crippen molar-refractivity contribution in [1.29, 1.82) is 0 Å². The second kappa shape index (κ2) is 6.17. The van der Waals surface area contributed by atoms with Gasteiger partial charge in [-0.15, -0.1) is 0 Å². The summed E-state index contributed by atoms with van der Waals surface area (Å²) in [5, 5.41) is 3.24. The third kappa shape index (κ3) is 3.53. The molecule has 1 aromatic rings. The van der Waals surface area contributed by atoms with E-state index >= 15 is 0 Å². The van der Waals surface area contributed by atoms with E-state index in [0.717, 1.165) is 12.2 Å². The lowest BCUT2D eigenvalue weighted by Crippen LogP contribution is -2.23. The van der Waals surface area contributed by atoms with E-state index in [9.17, 15) is 4.79 Å². The zero-order chi connectivity index (χ0) is 11.3. The van der Waals surface area contributed by atoms with Crippen molar-refractivity contribution in [2.75, 3.05) is 17.3 Å². The van der Waals surface area contributed by atoms with Gasteiger partial charge in [0.1, 0.15) is 10.3 Å². The zero-order valence-corrected chi connectivity index (χ0v) is 11.1. The van der Waals surface area contributed by atoms with Crippen LogP contribution in [0.1, 0.15) is 13.3 Å². The highest BCUT2D eigenvalue weighted by Gasteiger charge is 2.10. The molecule has 0 fully saturated rings. The molecular formula is C9H14BrN3OS. The minimum absolute atomic E-state index is 0.161. The highest BCUT2D eigenvalue weighted by Crippen LogP contribution is 2.16. The number of hydrogen-bond donors (Lipinski definition) is 2. The Kier molecular flexibility index (Phi) is 5.17. The Labute approximate surface area is 101 Å². The molecule has 0 aliphatic carbocycles. The monoisotopic (exact) mass is 291 g/mol. The Balaban J connectivity index is 2.79. The molecule has 0 aliphatic rings. The van der Waals surface area contributed by atoms with E-state index in [1.807, 2.05) is 0 Å². The van der Waals surface area contributed by atoms with Gasteiger partial charge in [-0.1, -0.05) is 6.92 Å². The maximum Gasteiger partial charge on any atom is 0.267 e. The smallest absolute Gasteiger partial charge is 0.267 e. The number of rotatable bonds is 5. The molecule has 1 aromatic heterocycles. The summed E-state index contributed by atoms with van der Waals surface area (Å²) in [7, 11) is 0. The molecule has 1 rings (SSSR count). The lowest BCUT2D eigenvalue weighted by Gasteiger charge is -2.16. The largest absolute Gasteiger partial charge is 0.365 e. The molecule has 0 radical (unpaired) electrons. The number of H-pyrrole nitrogens is 1. The molecule has 0 aromatic carbocycles. The van der Waals surface area contributed by atoms with Crippen LogP contribution >= 0.6 is 27.7 Å². The Morgan fingerprint density at radius 1 is 1.73 bits per heavy atom. The Morgan fingerprint density at radius 2 is 2.47 bits per heavy atom. The first kappa shape index (κ1) is 12.6. The van der Waals surface area contributed by atoms with Gasteiger partial charge in [-0.25, -0.2) is 4.98 Å². The summed E-state index contributed by atoms with van der Waals surface area (Å²) in [4.78, 5) is 17.9. The Morgan fingerprint density at radius 3 is 3.07 bits per heavy atom. The summed E-state index contributed by atoms with van der Waals surface area (Å²) in [5.41, 5.74) is -0.161. The van der Waals surface area contributed by atoms with E-state index in [2.05, 4.69) is 44.4 Å². The molecule has 0 saturated heterocycles. The lowest BCUT2D eigenvalue weighted by atomic mass is 10.2. The summed E-state index contributed by atoms with van der Waals surface area (Å²) in [6, 6.07) is 0.339. The van der Waals surface area contributed by atoms with E-state index in [1.165, 1.54) is 6.33 Å². The third-order valence-electron chi connectivity index (χ3n) is 2.00. The molecule has 2 N–H and O–H groups in total. The van der Waals surface area contributed by atoms with Gasteiger partial charge in [0.2, 0.25) is 0 Å². The highest BCUT2D eigenvalue weighted by atomic mass is 79.9. The number of nitrogens with zero attached hydrogens (tertiary/aromatic N) is 1. The molecule has 1 unspecified atom stereocenters. The van der Waals surface area contributed by atoms with Crippen LogP contribution in [0, 0.1) is 0 Å². The molecule has 4 nitrogen and oxygen atoms in total. The standard InChI is InChI=1S/C9H14BrN3OS/c1-3-6(4-15-2)13-8-7(10)9(14)12-5-11-8/h5-6H,3-4H2,1-2H3,(H2,11,12,13,14). The van der Waals surface area contributed by atoms with E-state index in [0.29, 0.717) is 16.3 Å². The van der Waals surface area contributed by atoms with Crippen LogP contribution in [-0.4, -0.2) is 28.0 Å². The molecule has 0 amide bonds. The molecule has 84 valence electrons. The number of nitrogens with one attached hydrogen (secondary N) is 2. The van der Waals surface area contributed by atoms with E-state index < -0.39 is 0 Å². The van der Waals surface area contributed by atoms with E-state index in [4.69, 9.17) is 0 Å². The zero-order valence-electron chi connectivity index (χ0n) is 8.71. The Bertz CT molecular complexity index is 369. The number of anilines is 1. The van der Waals surface area contributed by atoms with Gasteiger partial charge in [-0.3, -0.25) is 4.79 Å². The first-order chi connectivity index (χ1) is 7.19. The van der Waals surface area contributed by atoms with Crippen molar-refractivity contribution in [3.63, 3.8) is 0 Å². The number of aromatic amines is 1. The highest BCUT2D eigenvalue weighted by molar-refractivity contribution is 9.10. The van der Waals surface area contributed by atoms with Crippen molar-refractivity contribution in [1.82, 2.24) is 9.97 Å². The normalized spacial score (nSPS) is 12.5. The topological polar surface area (TPSA) is 57.8 Å². The van der Waals surface area contributed by atoms with Crippen LogP contribution in [0.25, 0.3) is 0 Å². The van der Waals surface area contributed by atoms with E-state index in [1.54, 1.807) is 11.8 Å². The maximum absolute atomic E-state index is 11.3. The van der Waals surface area contributed by atoms with Crippen molar-refractivity contribution in [3.8, 4) is 0 Å². The van der Waals surface area contributed by atoms with Crippen LogP contribution in [0.5, 0.6) is 0 Å². The van der Waals surface area contributed by atoms with Crippen LogP contribution in [0.3, 0.4) is 0 Å². The van der Waals surface area contributed by atoms with Gasteiger partial charge >= 0.3 is 0 Å². The molecule has 1 heterocycles. The maximum atomic E-state index is 11.3. The van der Waals surface area contributed by atoms with Crippen molar-refractivity contribution in [2.45, 2.75) is 19.4 Å². The molecule has 0 bridgehead atoms. The minimum atomic E-state index is -0.161. The first-order valence-electron chi connectivity index (χ1n) is 4.67. The van der Waals surface area contributed by atoms with Gasteiger partial charge in [0.05, 0.1) is 6.33 Å². The summed E-state index contributed by atoms with van der Waals surface area (Å²) in [5.74, 6) is 1.61. The minimum Gasteiger partial charge on any atom is -0.365 e. The van der Waals surface area contributed by atoms with Crippen molar-refractivity contribution >= 4 is 33.5 Å². The summed E-state index contributed by atoms with van der Waals surface area (Å²) < 4.78 is 0.463. The van der Waals surface area contributed by atoms with Gasteiger partial charge < -0.3 is 10.3 Å². The summed E-state index contributed by atoms with van der Waals surface area (Å²) >= 11 is 4.99. The Hall–Kier alpha value is -0.490. The third-order valence-corrected chi connectivity index (χ3v) is 3.47. The fourth-order valence-electron chi connectivity index (χ4n) is 1.14. The molecular weight excluding hydrogens is 278 g/mol. The molecule has 6 heteroatoms. The van der Waals surface area contributed by atoms with E-state index in [-0.39, 0.29) is 5.56 Å². The lowest BCUT2D eigenvalue weighted by molar-refractivity contribution is 0.767. The number of hydrogen-bond acceptors (Lipinski definition) is 4. The molecule has 15 heavy (non-hydrogen) atoms. The summed E-state index contributed by atoms with van der Waals surface area (Å²) in [6.07, 6.45) is 4.47. The molecule has 1 atom stereocenters. The van der Waals surface area contributed by atoms with Gasteiger partial charge in [-0.05, 0) is 28.6 Å². The van der Waals surface area contributed by atoms with Crippen molar-refractivity contribution in [3.05, 3.63) is 21.2 Å². The van der Waals surface area contributed by atoms with Crippen LogP contribution in [-0.2, 0) is 0 Å². The molecule has 0 aliphatic heterocycles. The fourth-order valence-corrected chi connectivity index (χ4v) is 2.19. The van der Waals surface area contributed by atoms with Crippen LogP contribution in [0.4, 0.5) is 5.82 Å². The number of halogens is 1. The van der Waals surface area contributed by atoms with Gasteiger partial charge in [0.25, 0.3) is 5.56 Å². The molecule has 0 saturated carbocycles. The van der Waals surface area contributed by atoms with Crippen LogP contribution < -0.4 is 10.9 Å². The second-order valence-corrected chi connectivity index (χ2v) is 4.80. The molecule has 0 spiro atoms. The fraction of sp³-hybridized carbons (Fsp3) is 0.556. The van der Waals surface area contributed by atoms with Crippen LogP contribution in [0.15, 0.2) is 15.6 Å². The average molecular weight is 292 g/mol. The van der Waals surface area contributed by atoms with Crippen molar-refractivity contribution < 1.29 is 0 Å². The number of thioether (sulfide) groups is 1. The van der Waals surface area contributed by atoms with Crippen molar-refractivity contribution in [2.24, 2.45) is 0 Å². The average Bonchev–Trinajstić information content (AvgIpc) is 2.24. The second-order valence-electron chi connectivity index (χ2n) is 3.10. The predicted octanol–water partition coefficient (Wildman–Crippen LogP) is 2.09. The van der Waals surface area contributed by atoms with Gasteiger partial charge in [0, 0.05) is 11.8 Å². The van der Waals surface area contributed by atoms with Gasteiger partial charge in [-0.2, -0.15) is 11.8 Å². The predicted molar refractivity (Wildman–Crippen MR) is 68.6 cm³/mol. The summed E-state index contributed by atoms with van der Waals surface area (Å²) in [6.45, 7) is 2.11.